The standard InChI is InChI=1S/C11H11N3O4S/c1-2-18-9(15)5-14-10(16)8(19-11(14)17)3-7-4-12-6-13-7/h3-4,6,16H,2,5H2,1H3. The zero-order chi connectivity index (χ0) is 13.8. The second-order valence-electron chi connectivity index (χ2n) is 3.54. The van der Waals surface area contributed by atoms with Crippen molar-refractivity contribution >= 4 is 35.9 Å². The third kappa shape index (κ3) is 2.97. The maximum absolute atomic E-state index is 11.7. The fourth-order valence-electron chi connectivity index (χ4n) is 1.44. The molecule has 19 heavy (non-hydrogen) atoms. The zero-order valence-electron chi connectivity index (χ0n) is 10.1. The first-order valence-electron chi connectivity index (χ1n) is 5.47. The first-order valence-corrected chi connectivity index (χ1v) is 6.29. The molecule has 0 atom stereocenters. The van der Waals surface area contributed by atoms with Crippen LogP contribution in [-0.2, 0) is 16.1 Å². The van der Waals surface area contributed by atoms with Crippen LogP contribution in [0.25, 0.3) is 6.08 Å². The molecule has 2 rings (SSSR count). The van der Waals surface area contributed by atoms with Crippen LogP contribution in [0.3, 0.4) is 0 Å². The molecule has 1 N–H and O–H groups in total. The Balaban J connectivity index is 2.27. The molecule has 1 aromatic rings. The van der Waals surface area contributed by atoms with Crippen LogP contribution in [0, 0.1) is 0 Å². The number of rotatable bonds is 4. The van der Waals surface area contributed by atoms with Crippen LogP contribution < -0.4 is 4.87 Å². The molecule has 1 aliphatic rings. The van der Waals surface area contributed by atoms with Crippen molar-refractivity contribution in [3.05, 3.63) is 20.2 Å². The van der Waals surface area contributed by atoms with E-state index in [2.05, 4.69) is 9.98 Å². The Morgan fingerprint density at radius 2 is 2.42 bits per heavy atom. The Bertz CT molecular complexity index is 625. The van der Waals surface area contributed by atoms with Crippen molar-refractivity contribution in [1.29, 1.82) is 0 Å². The van der Waals surface area contributed by atoms with Gasteiger partial charge in [-0.1, -0.05) is 11.3 Å². The summed E-state index contributed by atoms with van der Waals surface area (Å²) in [4.78, 5) is 30.6. The second kappa shape index (κ2) is 5.61. The quantitative estimate of drug-likeness (QED) is 0.819. The number of carbonyl (C=O) groups excluding carboxylic acids is 1. The normalized spacial score (nSPS) is 15.3. The number of aliphatic imine (C=N–C) groups is 2. The van der Waals surface area contributed by atoms with E-state index in [4.69, 9.17) is 4.74 Å². The third-order valence-corrected chi connectivity index (χ3v) is 3.16. The molecular weight excluding hydrogens is 270 g/mol. The smallest absolute Gasteiger partial charge is 0.326 e. The number of hydrogen-bond donors (Lipinski definition) is 1. The minimum Gasteiger partial charge on any atom is -0.493 e. The maximum Gasteiger partial charge on any atom is 0.326 e. The van der Waals surface area contributed by atoms with Crippen LogP contribution in [0.2, 0.25) is 0 Å². The van der Waals surface area contributed by atoms with Gasteiger partial charge in [0.15, 0.2) is 0 Å². The fraction of sp³-hybridized carbons (Fsp3) is 0.273. The molecular formula is C11H11N3O4S. The minimum absolute atomic E-state index is 0.223. The van der Waals surface area contributed by atoms with Crippen LogP contribution in [0.4, 0.5) is 0 Å². The van der Waals surface area contributed by atoms with Gasteiger partial charge < -0.3 is 9.84 Å². The summed E-state index contributed by atoms with van der Waals surface area (Å²) in [5.41, 5.74) is 0.528. The monoisotopic (exact) mass is 281 g/mol. The van der Waals surface area contributed by atoms with E-state index in [0.29, 0.717) is 10.6 Å². The van der Waals surface area contributed by atoms with E-state index < -0.39 is 10.8 Å². The van der Waals surface area contributed by atoms with Gasteiger partial charge >= 0.3 is 10.8 Å². The van der Waals surface area contributed by atoms with Gasteiger partial charge in [0.2, 0.25) is 5.88 Å². The Labute approximate surface area is 112 Å². The molecule has 1 aliphatic heterocycles. The number of nitrogens with zero attached hydrogens (tertiary/aromatic N) is 3. The van der Waals surface area contributed by atoms with Crippen LogP contribution in [0.5, 0.6) is 5.88 Å². The lowest BCUT2D eigenvalue weighted by molar-refractivity contribution is -0.143. The van der Waals surface area contributed by atoms with Crippen molar-refractivity contribution in [3.8, 4) is 5.88 Å². The van der Waals surface area contributed by atoms with Gasteiger partial charge in [-0.05, 0) is 13.0 Å². The van der Waals surface area contributed by atoms with Gasteiger partial charge in [-0.2, -0.15) is 0 Å². The van der Waals surface area contributed by atoms with Crippen LogP contribution >= 0.6 is 11.3 Å². The number of esters is 1. The van der Waals surface area contributed by atoms with Gasteiger partial charge in [0.05, 0.1) is 23.4 Å². The number of allylic oxidation sites excluding steroid dienone is 1. The number of thiazole rings is 1. The highest BCUT2D eigenvalue weighted by atomic mass is 32.1. The van der Waals surface area contributed by atoms with Crippen molar-refractivity contribution in [2.24, 2.45) is 9.98 Å². The molecule has 7 nitrogen and oxygen atoms in total. The predicted molar refractivity (Wildman–Crippen MR) is 71.8 cm³/mol. The lowest BCUT2D eigenvalue weighted by Gasteiger charge is -2.03. The predicted octanol–water partition coefficient (Wildman–Crippen LogP) is 0.632. The Morgan fingerprint density at radius 1 is 1.63 bits per heavy atom. The number of carbonyl (C=O) groups is 1. The van der Waals surface area contributed by atoms with Gasteiger partial charge in [-0.15, -0.1) is 0 Å². The highest BCUT2D eigenvalue weighted by molar-refractivity contribution is 7.10. The highest BCUT2D eigenvalue weighted by Crippen LogP contribution is 2.23. The molecule has 0 fully saturated rings. The van der Waals surface area contributed by atoms with E-state index >= 15 is 0 Å². The molecule has 0 saturated heterocycles. The molecule has 2 heterocycles. The van der Waals surface area contributed by atoms with Crippen LogP contribution in [0.15, 0.2) is 20.5 Å². The van der Waals surface area contributed by atoms with Gasteiger partial charge in [0.1, 0.15) is 12.9 Å². The molecule has 0 bridgehead atoms. The number of hydrogen-bond acceptors (Lipinski definition) is 7. The minimum atomic E-state index is -0.572. The average Bonchev–Trinajstić information content (AvgIpc) is 2.95. The van der Waals surface area contributed by atoms with Crippen molar-refractivity contribution in [1.82, 2.24) is 4.57 Å². The summed E-state index contributed by atoms with van der Waals surface area (Å²) in [6.07, 6.45) is 4.39. The Kier molecular flexibility index (Phi) is 3.91. The maximum atomic E-state index is 11.7. The highest BCUT2D eigenvalue weighted by Gasteiger charge is 2.16. The molecule has 8 heteroatoms. The second-order valence-corrected chi connectivity index (χ2v) is 4.53. The van der Waals surface area contributed by atoms with Gasteiger partial charge in [0.25, 0.3) is 0 Å². The first kappa shape index (κ1) is 13.2. The Morgan fingerprint density at radius 3 is 3.05 bits per heavy atom. The molecule has 100 valence electrons. The van der Waals surface area contributed by atoms with Crippen LogP contribution in [0.1, 0.15) is 11.8 Å². The van der Waals surface area contributed by atoms with E-state index in [1.54, 1.807) is 6.92 Å². The summed E-state index contributed by atoms with van der Waals surface area (Å²) < 4.78 is 5.70. The molecule has 0 saturated carbocycles. The number of ether oxygens (including phenoxy) is 1. The van der Waals surface area contributed by atoms with Crippen molar-refractivity contribution < 1.29 is 14.6 Å². The van der Waals surface area contributed by atoms with Crippen molar-refractivity contribution in [2.45, 2.75) is 13.5 Å². The third-order valence-electron chi connectivity index (χ3n) is 2.25. The molecule has 0 radical (unpaired) electrons. The fourth-order valence-corrected chi connectivity index (χ4v) is 2.27. The van der Waals surface area contributed by atoms with Gasteiger partial charge in [-0.25, -0.2) is 9.98 Å². The summed E-state index contributed by atoms with van der Waals surface area (Å²) in [7, 11) is 0. The summed E-state index contributed by atoms with van der Waals surface area (Å²) in [5.74, 6) is -0.844. The number of aromatic nitrogens is 1. The van der Waals surface area contributed by atoms with Crippen molar-refractivity contribution in [3.63, 3.8) is 0 Å². The molecule has 1 aromatic heterocycles. The summed E-state index contributed by atoms with van der Waals surface area (Å²) in [5, 5.41) is 9.91. The van der Waals surface area contributed by atoms with E-state index in [0.717, 1.165) is 15.9 Å². The zero-order valence-corrected chi connectivity index (χ0v) is 10.9. The van der Waals surface area contributed by atoms with Gasteiger partial charge in [0, 0.05) is 0 Å². The van der Waals surface area contributed by atoms with E-state index in [-0.39, 0.29) is 19.0 Å². The molecule has 0 aliphatic carbocycles. The first-order chi connectivity index (χ1) is 9.11. The average molecular weight is 281 g/mol. The number of aromatic hydroxyl groups is 1. The van der Waals surface area contributed by atoms with E-state index in [1.807, 2.05) is 0 Å². The molecule has 0 amide bonds. The molecule has 0 aromatic carbocycles. The van der Waals surface area contributed by atoms with Crippen molar-refractivity contribution in [2.75, 3.05) is 6.61 Å². The summed E-state index contributed by atoms with van der Waals surface area (Å²) in [6.45, 7) is 1.58. The lowest BCUT2D eigenvalue weighted by Crippen LogP contribution is -2.20. The molecule has 0 spiro atoms. The van der Waals surface area contributed by atoms with Crippen LogP contribution in [-0.4, -0.2) is 34.8 Å². The van der Waals surface area contributed by atoms with E-state index in [9.17, 15) is 14.7 Å². The van der Waals surface area contributed by atoms with Gasteiger partial charge in [-0.3, -0.25) is 14.2 Å². The van der Waals surface area contributed by atoms with E-state index in [1.165, 1.54) is 18.6 Å². The summed E-state index contributed by atoms with van der Waals surface area (Å²) >= 11 is 0.826. The summed E-state index contributed by atoms with van der Waals surface area (Å²) in [6, 6.07) is 0. The Hall–Kier alpha value is -2.22. The lowest BCUT2D eigenvalue weighted by atomic mass is 10.4. The largest absolute Gasteiger partial charge is 0.493 e. The SMILES string of the molecule is CCOC(=O)Cn1c(O)c(C=C2C=NC=N2)sc1=O. The molecule has 0 unspecified atom stereocenters. The topological polar surface area (TPSA) is 93.2 Å².